The van der Waals surface area contributed by atoms with Crippen LogP contribution in [0.1, 0.15) is 59.1 Å². The zero-order valence-corrected chi connectivity index (χ0v) is 12.4. The maximum atomic E-state index is 5.86. The highest BCUT2D eigenvalue weighted by molar-refractivity contribution is 5.30. The minimum Gasteiger partial charge on any atom is -0.491 e. The summed E-state index contributed by atoms with van der Waals surface area (Å²) in [6.45, 7) is 10.9. The van der Waals surface area contributed by atoms with E-state index in [0.717, 1.165) is 18.6 Å². The van der Waals surface area contributed by atoms with Gasteiger partial charge in [0, 0.05) is 12.1 Å². The van der Waals surface area contributed by atoms with Crippen molar-refractivity contribution in [1.82, 2.24) is 5.32 Å². The Morgan fingerprint density at radius 3 is 2.44 bits per heavy atom. The summed E-state index contributed by atoms with van der Waals surface area (Å²) in [5, 5.41) is 3.58. The lowest BCUT2D eigenvalue weighted by atomic mass is 10.1. The molecular formula is C16H27NO. The van der Waals surface area contributed by atoms with Gasteiger partial charge in [-0.15, -0.1) is 0 Å². The summed E-state index contributed by atoms with van der Waals surface area (Å²) in [5.74, 6) is 0.972. The molecule has 0 aliphatic carbocycles. The second kappa shape index (κ2) is 7.42. The Morgan fingerprint density at radius 2 is 1.83 bits per heavy atom. The standard InChI is InChI=1S/C16H27NO/c1-6-12(3)17-14(5)15-9-8-10-16(11-15)18-13(4)7-2/h8-14,17H,6-7H2,1-5H3/t12-,13+,14-/m0/s1. The first-order valence-corrected chi connectivity index (χ1v) is 7.09. The first-order valence-electron chi connectivity index (χ1n) is 7.09. The first-order chi connectivity index (χ1) is 8.56. The number of ether oxygens (including phenoxy) is 1. The molecule has 2 nitrogen and oxygen atoms in total. The van der Waals surface area contributed by atoms with Gasteiger partial charge in [-0.2, -0.15) is 0 Å². The van der Waals surface area contributed by atoms with Gasteiger partial charge in [0.1, 0.15) is 5.75 Å². The molecule has 0 saturated heterocycles. The lowest BCUT2D eigenvalue weighted by Crippen LogP contribution is -2.28. The van der Waals surface area contributed by atoms with Crippen LogP contribution in [0.2, 0.25) is 0 Å². The van der Waals surface area contributed by atoms with Crippen LogP contribution in [-0.2, 0) is 0 Å². The van der Waals surface area contributed by atoms with Crippen molar-refractivity contribution >= 4 is 0 Å². The van der Waals surface area contributed by atoms with Crippen molar-refractivity contribution in [3.05, 3.63) is 29.8 Å². The Hall–Kier alpha value is -1.02. The van der Waals surface area contributed by atoms with E-state index in [2.05, 4.69) is 58.1 Å². The third-order valence-corrected chi connectivity index (χ3v) is 3.42. The molecular weight excluding hydrogens is 222 g/mol. The van der Waals surface area contributed by atoms with E-state index in [1.54, 1.807) is 0 Å². The number of hydrogen-bond acceptors (Lipinski definition) is 2. The predicted molar refractivity (Wildman–Crippen MR) is 78.1 cm³/mol. The Morgan fingerprint density at radius 1 is 1.11 bits per heavy atom. The van der Waals surface area contributed by atoms with Gasteiger partial charge in [-0.1, -0.05) is 26.0 Å². The molecule has 2 heteroatoms. The van der Waals surface area contributed by atoms with Crippen molar-refractivity contribution < 1.29 is 4.74 Å². The van der Waals surface area contributed by atoms with Gasteiger partial charge in [0.15, 0.2) is 0 Å². The van der Waals surface area contributed by atoms with Crippen LogP contribution in [0.15, 0.2) is 24.3 Å². The summed E-state index contributed by atoms with van der Waals surface area (Å²) in [7, 11) is 0. The molecule has 0 bridgehead atoms. The average Bonchev–Trinajstić information content (AvgIpc) is 2.38. The van der Waals surface area contributed by atoms with E-state index < -0.39 is 0 Å². The van der Waals surface area contributed by atoms with Crippen LogP contribution < -0.4 is 10.1 Å². The molecule has 1 rings (SSSR count). The summed E-state index contributed by atoms with van der Waals surface area (Å²) in [6, 6.07) is 9.31. The van der Waals surface area contributed by atoms with Gasteiger partial charge in [0.25, 0.3) is 0 Å². The van der Waals surface area contributed by atoms with Gasteiger partial charge in [-0.05, 0) is 51.3 Å². The second-order valence-electron chi connectivity index (χ2n) is 5.11. The molecule has 0 aliphatic heterocycles. The van der Waals surface area contributed by atoms with E-state index in [1.165, 1.54) is 5.56 Å². The van der Waals surface area contributed by atoms with Crippen LogP contribution in [0.3, 0.4) is 0 Å². The van der Waals surface area contributed by atoms with E-state index in [9.17, 15) is 0 Å². The fourth-order valence-corrected chi connectivity index (χ4v) is 1.81. The molecule has 18 heavy (non-hydrogen) atoms. The molecule has 0 amide bonds. The van der Waals surface area contributed by atoms with Crippen molar-refractivity contribution in [2.45, 2.75) is 65.6 Å². The Bertz CT molecular complexity index is 351. The summed E-state index contributed by atoms with van der Waals surface area (Å²) in [6.07, 6.45) is 2.45. The molecule has 1 aromatic rings. The summed E-state index contributed by atoms with van der Waals surface area (Å²) in [4.78, 5) is 0. The Labute approximate surface area is 112 Å². The van der Waals surface area contributed by atoms with Gasteiger partial charge in [0.05, 0.1) is 6.10 Å². The smallest absolute Gasteiger partial charge is 0.120 e. The lowest BCUT2D eigenvalue weighted by Gasteiger charge is -2.20. The van der Waals surface area contributed by atoms with Crippen LogP contribution in [0.25, 0.3) is 0 Å². The molecule has 0 saturated carbocycles. The number of rotatable bonds is 7. The van der Waals surface area contributed by atoms with E-state index in [1.807, 2.05) is 6.07 Å². The number of nitrogens with one attached hydrogen (secondary N) is 1. The molecule has 0 spiro atoms. The van der Waals surface area contributed by atoms with Crippen LogP contribution >= 0.6 is 0 Å². The van der Waals surface area contributed by atoms with Crippen LogP contribution in [0.5, 0.6) is 5.75 Å². The van der Waals surface area contributed by atoms with Crippen LogP contribution in [0.4, 0.5) is 0 Å². The second-order valence-corrected chi connectivity index (χ2v) is 5.11. The predicted octanol–water partition coefficient (Wildman–Crippen LogP) is 4.31. The topological polar surface area (TPSA) is 21.3 Å². The minimum atomic E-state index is 0.276. The van der Waals surface area contributed by atoms with Crippen molar-refractivity contribution in [1.29, 1.82) is 0 Å². The molecule has 1 aromatic carbocycles. The lowest BCUT2D eigenvalue weighted by molar-refractivity contribution is 0.217. The Kier molecular flexibility index (Phi) is 6.20. The van der Waals surface area contributed by atoms with E-state index in [0.29, 0.717) is 12.1 Å². The van der Waals surface area contributed by atoms with Crippen molar-refractivity contribution in [3.8, 4) is 5.75 Å². The molecule has 3 atom stereocenters. The van der Waals surface area contributed by atoms with Gasteiger partial charge >= 0.3 is 0 Å². The highest BCUT2D eigenvalue weighted by atomic mass is 16.5. The van der Waals surface area contributed by atoms with Crippen molar-refractivity contribution in [2.75, 3.05) is 0 Å². The molecule has 0 radical (unpaired) electrons. The molecule has 102 valence electrons. The molecule has 0 aromatic heterocycles. The zero-order valence-electron chi connectivity index (χ0n) is 12.4. The quantitative estimate of drug-likeness (QED) is 0.777. The third kappa shape index (κ3) is 4.69. The first kappa shape index (κ1) is 15.0. The van der Waals surface area contributed by atoms with Gasteiger partial charge in [-0.3, -0.25) is 0 Å². The summed E-state index contributed by atoms with van der Waals surface area (Å²) < 4.78 is 5.86. The fraction of sp³-hybridized carbons (Fsp3) is 0.625. The minimum absolute atomic E-state index is 0.276. The normalized spacial score (nSPS) is 16.1. The van der Waals surface area contributed by atoms with E-state index >= 15 is 0 Å². The third-order valence-electron chi connectivity index (χ3n) is 3.42. The van der Waals surface area contributed by atoms with Gasteiger partial charge in [0.2, 0.25) is 0 Å². The van der Waals surface area contributed by atoms with Crippen molar-refractivity contribution in [2.24, 2.45) is 0 Å². The molecule has 0 fully saturated rings. The molecule has 1 N–H and O–H groups in total. The highest BCUT2D eigenvalue weighted by Gasteiger charge is 2.09. The van der Waals surface area contributed by atoms with Gasteiger partial charge in [-0.25, -0.2) is 0 Å². The van der Waals surface area contributed by atoms with E-state index in [-0.39, 0.29) is 6.10 Å². The van der Waals surface area contributed by atoms with Crippen molar-refractivity contribution in [3.63, 3.8) is 0 Å². The largest absolute Gasteiger partial charge is 0.491 e. The number of hydrogen-bond donors (Lipinski definition) is 1. The maximum absolute atomic E-state index is 5.86. The Balaban J connectivity index is 2.68. The average molecular weight is 249 g/mol. The van der Waals surface area contributed by atoms with Crippen LogP contribution in [-0.4, -0.2) is 12.1 Å². The van der Waals surface area contributed by atoms with Gasteiger partial charge < -0.3 is 10.1 Å². The summed E-state index contributed by atoms with van der Waals surface area (Å²) >= 11 is 0. The summed E-state index contributed by atoms with van der Waals surface area (Å²) in [5.41, 5.74) is 1.29. The maximum Gasteiger partial charge on any atom is 0.120 e. The molecule has 0 unspecified atom stereocenters. The van der Waals surface area contributed by atoms with E-state index in [4.69, 9.17) is 4.74 Å². The zero-order chi connectivity index (χ0) is 13.5. The highest BCUT2D eigenvalue weighted by Crippen LogP contribution is 2.21. The fourth-order valence-electron chi connectivity index (χ4n) is 1.81. The van der Waals surface area contributed by atoms with Crippen LogP contribution in [0, 0.1) is 0 Å². The molecule has 0 heterocycles. The monoisotopic (exact) mass is 249 g/mol. The number of benzene rings is 1. The molecule has 0 aliphatic rings. The SMILES string of the molecule is CC[C@@H](C)Oc1cccc([C@H](C)N[C@@H](C)CC)c1.